The van der Waals surface area contributed by atoms with E-state index in [1.165, 1.54) is 0 Å². The predicted octanol–water partition coefficient (Wildman–Crippen LogP) is 3.46. The molecule has 3 N–H and O–H groups in total. The lowest BCUT2D eigenvalue weighted by atomic mass is 9.82. The van der Waals surface area contributed by atoms with Crippen LogP contribution in [0.4, 0.5) is 4.79 Å². The maximum absolute atomic E-state index is 12.1. The lowest BCUT2D eigenvalue weighted by Crippen LogP contribution is -2.56. The average molecular weight is 331 g/mol. The molecule has 0 aromatic rings. The van der Waals surface area contributed by atoms with E-state index in [1.807, 2.05) is 20.8 Å². The Morgan fingerprint density at radius 2 is 1.48 bits per heavy atom. The number of amides is 1. The Bertz CT molecular complexity index is 334. The third-order valence-electron chi connectivity index (χ3n) is 4.92. The van der Waals surface area contributed by atoms with Crippen LogP contribution < -0.4 is 10.6 Å². The fraction of sp³-hybridized carbons (Fsp3) is 0.944. The van der Waals surface area contributed by atoms with Gasteiger partial charge in [-0.15, -0.1) is 0 Å². The number of rotatable bonds is 10. The third-order valence-corrected chi connectivity index (χ3v) is 4.92. The number of aliphatic hydroxyl groups is 1. The molecule has 0 bridgehead atoms. The maximum atomic E-state index is 12.1. The molecule has 0 aromatic heterocycles. The van der Waals surface area contributed by atoms with Gasteiger partial charge in [0.1, 0.15) is 5.60 Å². The van der Waals surface area contributed by atoms with E-state index in [0.717, 1.165) is 32.2 Å². The molecule has 0 aliphatic rings. The molecule has 0 aliphatic carbocycles. The van der Waals surface area contributed by atoms with E-state index in [9.17, 15) is 9.90 Å². The van der Waals surface area contributed by atoms with Crippen molar-refractivity contribution in [2.24, 2.45) is 5.41 Å². The highest BCUT2D eigenvalue weighted by Crippen LogP contribution is 2.25. The van der Waals surface area contributed by atoms with Gasteiger partial charge < -0.3 is 20.5 Å². The van der Waals surface area contributed by atoms with Crippen molar-refractivity contribution in [2.45, 2.75) is 85.3 Å². The Morgan fingerprint density at radius 1 is 0.957 bits per heavy atom. The summed E-state index contributed by atoms with van der Waals surface area (Å²) in [5.41, 5.74) is -0.911. The molecular weight excluding hydrogens is 292 g/mol. The fourth-order valence-corrected chi connectivity index (χ4v) is 2.59. The van der Waals surface area contributed by atoms with Gasteiger partial charge in [0.2, 0.25) is 0 Å². The molecule has 0 saturated heterocycles. The third kappa shape index (κ3) is 7.53. The van der Waals surface area contributed by atoms with Gasteiger partial charge in [-0.1, -0.05) is 27.7 Å². The molecule has 23 heavy (non-hydrogen) atoms. The Morgan fingerprint density at radius 3 is 1.83 bits per heavy atom. The van der Waals surface area contributed by atoms with E-state index in [2.05, 4.69) is 38.3 Å². The molecule has 0 saturated carbocycles. The van der Waals surface area contributed by atoms with Crippen LogP contribution in [0.15, 0.2) is 0 Å². The molecule has 0 spiro atoms. The predicted molar refractivity (Wildman–Crippen MR) is 95.7 cm³/mol. The fourth-order valence-electron chi connectivity index (χ4n) is 2.59. The molecule has 0 heterocycles. The molecule has 0 aromatic carbocycles. The number of hydrogen-bond acceptors (Lipinski definition) is 4. The lowest BCUT2D eigenvalue weighted by Gasteiger charge is -2.36. The summed E-state index contributed by atoms with van der Waals surface area (Å²) in [4.78, 5) is 12.1. The van der Waals surface area contributed by atoms with Crippen molar-refractivity contribution in [3.05, 3.63) is 0 Å². The quantitative estimate of drug-likeness (QED) is 0.574. The van der Waals surface area contributed by atoms with Crippen LogP contribution in [0.1, 0.15) is 74.1 Å². The van der Waals surface area contributed by atoms with E-state index in [4.69, 9.17) is 4.74 Å². The standard InChI is InChI=1S/C18H38N2O3/c1-8-17(9-2,14-21)12-19-13-18(10-3,11-4)20-15(22)23-16(5,6)7/h19,21H,8-14H2,1-7H3,(H,20,22). The van der Waals surface area contributed by atoms with Gasteiger partial charge in [-0.3, -0.25) is 0 Å². The van der Waals surface area contributed by atoms with Crippen molar-refractivity contribution in [2.75, 3.05) is 19.7 Å². The van der Waals surface area contributed by atoms with Gasteiger partial charge in [-0.05, 0) is 46.5 Å². The van der Waals surface area contributed by atoms with Crippen molar-refractivity contribution in [3.8, 4) is 0 Å². The lowest BCUT2D eigenvalue weighted by molar-refractivity contribution is 0.0439. The molecule has 0 aliphatic heterocycles. The number of ether oxygens (including phenoxy) is 1. The second-order valence-electron chi connectivity index (χ2n) is 7.58. The number of nitrogens with one attached hydrogen (secondary N) is 2. The minimum Gasteiger partial charge on any atom is -0.444 e. The summed E-state index contributed by atoms with van der Waals surface area (Å²) in [6, 6.07) is 0. The van der Waals surface area contributed by atoms with Crippen LogP contribution in [0.3, 0.4) is 0 Å². The first kappa shape index (κ1) is 22.2. The molecular formula is C18H38N2O3. The summed E-state index contributed by atoms with van der Waals surface area (Å²) in [7, 11) is 0. The van der Waals surface area contributed by atoms with Gasteiger partial charge in [-0.2, -0.15) is 0 Å². The summed E-state index contributed by atoms with van der Waals surface area (Å²) in [5, 5.41) is 16.2. The first-order valence-electron chi connectivity index (χ1n) is 8.94. The van der Waals surface area contributed by atoms with Gasteiger partial charge in [-0.25, -0.2) is 4.79 Å². The number of aliphatic hydroxyl groups excluding tert-OH is 1. The summed E-state index contributed by atoms with van der Waals surface area (Å²) in [6.07, 6.45) is 3.12. The maximum Gasteiger partial charge on any atom is 0.408 e. The van der Waals surface area contributed by atoms with Crippen molar-refractivity contribution >= 4 is 6.09 Å². The Hall–Kier alpha value is -0.810. The largest absolute Gasteiger partial charge is 0.444 e. The highest BCUT2D eigenvalue weighted by molar-refractivity contribution is 5.68. The van der Waals surface area contributed by atoms with Gasteiger partial charge in [0.15, 0.2) is 0 Å². The van der Waals surface area contributed by atoms with Gasteiger partial charge in [0.25, 0.3) is 0 Å². The first-order chi connectivity index (χ1) is 10.6. The molecule has 0 fully saturated rings. The van der Waals surface area contributed by atoms with E-state index in [0.29, 0.717) is 6.54 Å². The zero-order valence-corrected chi connectivity index (χ0v) is 16.2. The molecule has 0 radical (unpaired) electrons. The van der Waals surface area contributed by atoms with Gasteiger partial charge in [0, 0.05) is 25.1 Å². The number of hydrogen-bond donors (Lipinski definition) is 3. The van der Waals surface area contributed by atoms with Gasteiger partial charge >= 0.3 is 6.09 Å². The smallest absolute Gasteiger partial charge is 0.408 e. The minimum absolute atomic E-state index is 0.0842. The van der Waals surface area contributed by atoms with E-state index in [1.54, 1.807) is 0 Å². The molecule has 0 unspecified atom stereocenters. The second kappa shape index (κ2) is 9.48. The molecule has 138 valence electrons. The molecule has 5 heteroatoms. The molecule has 1 amide bonds. The zero-order valence-electron chi connectivity index (χ0n) is 16.2. The number of carbonyl (C=O) groups is 1. The van der Waals surface area contributed by atoms with Crippen LogP contribution in [-0.4, -0.2) is 42.0 Å². The van der Waals surface area contributed by atoms with Crippen molar-refractivity contribution in [1.29, 1.82) is 0 Å². The van der Waals surface area contributed by atoms with E-state index >= 15 is 0 Å². The van der Waals surface area contributed by atoms with E-state index in [-0.39, 0.29) is 23.7 Å². The van der Waals surface area contributed by atoms with Crippen LogP contribution in [0, 0.1) is 5.41 Å². The monoisotopic (exact) mass is 330 g/mol. The Balaban J connectivity index is 4.75. The van der Waals surface area contributed by atoms with Gasteiger partial charge in [0.05, 0.1) is 5.54 Å². The van der Waals surface area contributed by atoms with Crippen molar-refractivity contribution < 1.29 is 14.6 Å². The van der Waals surface area contributed by atoms with Crippen LogP contribution in [0.2, 0.25) is 0 Å². The Labute approximate surface area is 142 Å². The van der Waals surface area contributed by atoms with Crippen molar-refractivity contribution in [1.82, 2.24) is 10.6 Å². The average Bonchev–Trinajstić information content (AvgIpc) is 2.49. The molecule has 0 atom stereocenters. The van der Waals surface area contributed by atoms with Crippen LogP contribution in [0.5, 0.6) is 0 Å². The van der Waals surface area contributed by atoms with Crippen LogP contribution in [0.25, 0.3) is 0 Å². The summed E-state index contributed by atoms with van der Waals surface area (Å²) in [5.74, 6) is 0. The number of alkyl carbamates (subject to hydrolysis) is 1. The highest BCUT2D eigenvalue weighted by atomic mass is 16.6. The zero-order chi connectivity index (χ0) is 18.1. The Kier molecular flexibility index (Phi) is 9.14. The summed E-state index contributed by atoms with van der Waals surface area (Å²) < 4.78 is 5.39. The van der Waals surface area contributed by atoms with E-state index < -0.39 is 5.60 Å². The molecule has 0 rings (SSSR count). The molecule has 5 nitrogen and oxygen atoms in total. The SMILES string of the molecule is CCC(CC)(CO)CNCC(CC)(CC)NC(=O)OC(C)(C)C. The number of carbonyl (C=O) groups excluding carboxylic acids is 1. The highest BCUT2D eigenvalue weighted by Gasteiger charge is 2.32. The van der Waals surface area contributed by atoms with Crippen LogP contribution in [-0.2, 0) is 4.74 Å². The van der Waals surface area contributed by atoms with Crippen LogP contribution >= 0.6 is 0 Å². The second-order valence-corrected chi connectivity index (χ2v) is 7.58. The first-order valence-corrected chi connectivity index (χ1v) is 8.94. The normalized spacial score (nSPS) is 13.0. The topological polar surface area (TPSA) is 70.6 Å². The minimum atomic E-state index is -0.499. The summed E-state index contributed by atoms with van der Waals surface area (Å²) in [6.45, 7) is 15.5. The van der Waals surface area contributed by atoms with Crippen molar-refractivity contribution in [3.63, 3.8) is 0 Å². The summed E-state index contributed by atoms with van der Waals surface area (Å²) >= 11 is 0.